The van der Waals surface area contributed by atoms with E-state index in [4.69, 9.17) is 11.6 Å². The Kier molecular flexibility index (Phi) is 3.72. The average molecular weight is 210 g/mol. The Morgan fingerprint density at radius 3 is 2.29 bits per heavy atom. The summed E-state index contributed by atoms with van der Waals surface area (Å²) in [4.78, 5) is 12.6. The zero-order valence-electron chi connectivity index (χ0n) is 8.20. The summed E-state index contributed by atoms with van der Waals surface area (Å²) < 4.78 is 0. The van der Waals surface area contributed by atoms with E-state index in [1.807, 2.05) is 31.1 Å². The van der Waals surface area contributed by atoms with E-state index in [0.29, 0.717) is 10.6 Å². The van der Waals surface area contributed by atoms with Gasteiger partial charge in [-0.05, 0) is 17.7 Å². The van der Waals surface area contributed by atoms with E-state index in [2.05, 4.69) is 0 Å². The second-order valence-corrected chi connectivity index (χ2v) is 3.61. The summed E-state index contributed by atoms with van der Waals surface area (Å²) in [5.74, 6) is 0. The summed E-state index contributed by atoms with van der Waals surface area (Å²) in [5, 5.41) is 0.670. The van der Waals surface area contributed by atoms with Crippen molar-refractivity contribution in [3.63, 3.8) is 0 Å². The molecule has 0 heterocycles. The van der Waals surface area contributed by atoms with Gasteiger partial charge in [0.15, 0.2) is 6.29 Å². The fourth-order valence-corrected chi connectivity index (χ4v) is 1.22. The smallest absolute Gasteiger partial charge is 0.152 e. The van der Waals surface area contributed by atoms with E-state index in [1.54, 1.807) is 18.3 Å². The second kappa shape index (κ2) is 4.82. The summed E-state index contributed by atoms with van der Waals surface area (Å²) in [7, 11) is 3.75. The van der Waals surface area contributed by atoms with Crippen LogP contribution >= 0.6 is 11.6 Å². The topological polar surface area (TPSA) is 20.3 Å². The van der Waals surface area contributed by atoms with Crippen LogP contribution in [0.4, 0.5) is 0 Å². The number of hydrogen-bond donors (Lipinski definition) is 0. The first-order valence-electron chi connectivity index (χ1n) is 4.23. The van der Waals surface area contributed by atoms with Crippen molar-refractivity contribution in [2.75, 3.05) is 14.1 Å². The van der Waals surface area contributed by atoms with Gasteiger partial charge in [0.1, 0.15) is 0 Å². The van der Waals surface area contributed by atoms with E-state index in [0.717, 1.165) is 11.8 Å². The molecule has 0 saturated heterocycles. The molecule has 0 aliphatic rings. The van der Waals surface area contributed by atoms with E-state index in [9.17, 15) is 4.79 Å². The molecule has 0 spiro atoms. The van der Waals surface area contributed by atoms with Crippen molar-refractivity contribution in [2.45, 2.75) is 0 Å². The van der Waals surface area contributed by atoms with Gasteiger partial charge in [0.2, 0.25) is 0 Å². The lowest BCUT2D eigenvalue weighted by atomic mass is 10.1. The number of aldehydes is 1. The number of benzene rings is 1. The summed E-state index contributed by atoms with van der Waals surface area (Å²) in [6.45, 7) is 0. The molecule has 0 aromatic heterocycles. The molecule has 14 heavy (non-hydrogen) atoms. The number of rotatable bonds is 3. The number of allylic oxidation sites excluding steroid dienone is 1. The predicted molar refractivity (Wildman–Crippen MR) is 59.2 cm³/mol. The highest BCUT2D eigenvalue weighted by atomic mass is 35.5. The molecule has 0 unspecified atom stereocenters. The first kappa shape index (κ1) is 10.8. The third kappa shape index (κ3) is 2.89. The van der Waals surface area contributed by atoms with Crippen LogP contribution < -0.4 is 0 Å². The zero-order valence-corrected chi connectivity index (χ0v) is 8.95. The van der Waals surface area contributed by atoms with Crippen LogP contribution in [0.3, 0.4) is 0 Å². The Balaban J connectivity index is 3.01. The number of nitrogens with zero attached hydrogens (tertiary/aromatic N) is 1. The lowest BCUT2D eigenvalue weighted by Crippen LogP contribution is -2.03. The van der Waals surface area contributed by atoms with Crippen LogP contribution in [0.15, 0.2) is 30.5 Å². The van der Waals surface area contributed by atoms with Crippen LogP contribution in [0, 0.1) is 0 Å². The highest BCUT2D eigenvalue weighted by Crippen LogP contribution is 2.16. The fourth-order valence-electron chi connectivity index (χ4n) is 1.09. The Labute approximate surface area is 88.8 Å². The summed E-state index contributed by atoms with van der Waals surface area (Å²) in [6, 6.07) is 7.19. The molecule has 2 nitrogen and oxygen atoms in total. The van der Waals surface area contributed by atoms with Crippen LogP contribution in [0.25, 0.3) is 5.57 Å². The summed E-state index contributed by atoms with van der Waals surface area (Å²) in [6.07, 6.45) is 2.61. The molecule has 0 aliphatic carbocycles. The Bertz CT molecular complexity index is 341. The maximum absolute atomic E-state index is 10.8. The second-order valence-electron chi connectivity index (χ2n) is 3.17. The Morgan fingerprint density at radius 1 is 1.29 bits per heavy atom. The van der Waals surface area contributed by atoms with Gasteiger partial charge in [0.05, 0.1) is 0 Å². The van der Waals surface area contributed by atoms with Crippen molar-refractivity contribution in [1.82, 2.24) is 4.90 Å². The van der Waals surface area contributed by atoms with Crippen molar-refractivity contribution in [2.24, 2.45) is 0 Å². The molecular formula is C11H12ClNO. The predicted octanol–water partition coefficient (Wildman–Crippen LogP) is 2.44. The maximum atomic E-state index is 10.8. The third-order valence-electron chi connectivity index (χ3n) is 1.70. The minimum Gasteiger partial charge on any atom is -0.383 e. The monoisotopic (exact) mass is 209 g/mol. The zero-order chi connectivity index (χ0) is 10.6. The van der Waals surface area contributed by atoms with Crippen LogP contribution in [0.5, 0.6) is 0 Å². The molecule has 0 radical (unpaired) electrons. The van der Waals surface area contributed by atoms with E-state index >= 15 is 0 Å². The lowest BCUT2D eigenvalue weighted by molar-refractivity contribution is -0.103. The highest BCUT2D eigenvalue weighted by molar-refractivity contribution is 6.30. The van der Waals surface area contributed by atoms with E-state index in [1.165, 1.54) is 0 Å². The molecule has 0 saturated carbocycles. The molecule has 74 valence electrons. The van der Waals surface area contributed by atoms with Gasteiger partial charge in [-0.3, -0.25) is 4.79 Å². The molecule has 1 aromatic rings. The van der Waals surface area contributed by atoms with Gasteiger partial charge < -0.3 is 4.90 Å². The Morgan fingerprint density at radius 2 is 1.86 bits per heavy atom. The first-order chi connectivity index (χ1) is 6.63. The maximum Gasteiger partial charge on any atom is 0.152 e. The molecule has 0 aliphatic heterocycles. The normalized spacial score (nSPS) is 11.2. The number of hydrogen-bond acceptors (Lipinski definition) is 2. The minimum absolute atomic E-state index is 0.645. The van der Waals surface area contributed by atoms with Crippen LogP contribution in [0.2, 0.25) is 5.02 Å². The molecule has 1 rings (SSSR count). The SMILES string of the molecule is CN(C)C=C(C=O)c1ccc(Cl)cc1. The molecule has 3 heteroatoms. The van der Waals surface area contributed by atoms with Crippen molar-refractivity contribution in [3.05, 3.63) is 41.1 Å². The molecule has 0 atom stereocenters. The van der Waals surface area contributed by atoms with Crippen molar-refractivity contribution < 1.29 is 4.79 Å². The first-order valence-corrected chi connectivity index (χ1v) is 4.60. The molecule has 0 amide bonds. The summed E-state index contributed by atoms with van der Waals surface area (Å²) >= 11 is 5.75. The molecular weight excluding hydrogens is 198 g/mol. The van der Waals surface area contributed by atoms with Gasteiger partial charge in [-0.2, -0.15) is 0 Å². The van der Waals surface area contributed by atoms with Crippen molar-refractivity contribution >= 4 is 23.5 Å². The largest absolute Gasteiger partial charge is 0.383 e. The van der Waals surface area contributed by atoms with Gasteiger partial charge in [-0.25, -0.2) is 0 Å². The highest BCUT2D eigenvalue weighted by Gasteiger charge is 1.99. The summed E-state index contributed by atoms with van der Waals surface area (Å²) in [5.41, 5.74) is 1.52. The van der Waals surface area contributed by atoms with Crippen LogP contribution in [0.1, 0.15) is 5.56 Å². The van der Waals surface area contributed by atoms with Crippen LogP contribution in [-0.4, -0.2) is 25.3 Å². The number of carbonyl (C=O) groups excluding carboxylic acids is 1. The standard InChI is InChI=1S/C11H12ClNO/c1-13(2)7-10(8-14)9-3-5-11(12)6-4-9/h3-8H,1-2H3. The van der Waals surface area contributed by atoms with Gasteiger partial charge in [-0.15, -0.1) is 0 Å². The number of carbonyl (C=O) groups is 1. The Hall–Kier alpha value is -1.28. The number of halogens is 1. The fraction of sp³-hybridized carbons (Fsp3) is 0.182. The quantitative estimate of drug-likeness (QED) is 0.563. The molecule has 0 N–H and O–H groups in total. The molecule has 1 aromatic carbocycles. The lowest BCUT2D eigenvalue weighted by Gasteiger charge is -2.07. The van der Waals surface area contributed by atoms with Crippen molar-refractivity contribution in [3.8, 4) is 0 Å². The minimum atomic E-state index is 0.645. The molecule has 0 bridgehead atoms. The van der Waals surface area contributed by atoms with Gasteiger partial charge in [0, 0.05) is 30.9 Å². The molecule has 0 fully saturated rings. The third-order valence-corrected chi connectivity index (χ3v) is 1.95. The van der Waals surface area contributed by atoms with Crippen LogP contribution in [-0.2, 0) is 4.79 Å². The van der Waals surface area contributed by atoms with E-state index in [-0.39, 0.29) is 0 Å². The van der Waals surface area contributed by atoms with Gasteiger partial charge >= 0.3 is 0 Å². The van der Waals surface area contributed by atoms with Gasteiger partial charge in [0.25, 0.3) is 0 Å². The average Bonchev–Trinajstić information content (AvgIpc) is 2.15. The van der Waals surface area contributed by atoms with Gasteiger partial charge in [-0.1, -0.05) is 23.7 Å². The van der Waals surface area contributed by atoms with E-state index < -0.39 is 0 Å². The van der Waals surface area contributed by atoms with Crippen molar-refractivity contribution in [1.29, 1.82) is 0 Å².